The molecular formula is C22H24N2O2. The van der Waals surface area contributed by atoms with Gasteiger partial charge in [-0.25, -0.2) is 0 Å². The van der Waals surface area contributed by atoms with E-state index in [4.69, 9.17) is 0 Å². The Hall–Kier alpha value is -2.62. The van der Waals surface area contributed by atoms with E-state index in [-0.39, 0.29) is 30.3 Å². The van der Waals surface area contributed by atoms with Gasteiger partial charge in [0, 0.05) is 17.2 Å². The molecule has 2 aliphatic rings. The van der Waals surface area contributed by atoms with Gasteiger partial charge in [-0.3, -0.25) is 9.59 Å². The van der Waals surface area contributed by atoms with E-state index in [1.54, 1.807) is 4.90 Å². The lowest BCUT2D eigenvalue weighted by molar-refractivity contribution is -0.139. The fourth-order valence-electron chi connectivity index (χ4n) is 4.23. The lowest BCUT2D eigenvalue weighted by atomic mass is 9.93. The minimum absolute atomic E-state index is 0.0420. The highest BCUT2D eigenvalue weighted by Gasteiger charge is 2.37. The van der Waals surface area contributed by atoms with Crippen LogP contribution in [0.4, 0.5) is 5.69 Å². The largest absolute Gasteiger partial charge is 0.324 e. The minimum atomic E-state index is -0.238. The Morgan fingerprint density at radius 1 is 1.08 bits per heavy atom. The molecule has 0 bridgehead atoms. The molecule has 2 amide bonds. The van der Waals surface area contributed by atoms with Crippen LogP contribution < -0.4 is 5.32 Å². The van der Waals surface area contributed by atoms with E-state index in [2.05, 4.69) is 11.4 Å². The molecule has 1 heterocycles. The van der Waals surface area contributed by atoms with Crippen LogP contribution in [0, 0.1) is 12.8 Å². The first-order valence-electron chi connectivity index (χ1n) is 9.39. The molecule has 1 fully saturated rings. The van der Waals surface area contributed by atoms with Gasteiger partial charge < -0.3 is 10.2 Å². The highest BCUT2D eigenvalue weighted by atomic mass is 16.2. The van der Waals surface area contributed by atoms with Crippen LogP contribution >= 0.6 is 0 Å². The normalized spacial score (nSPS) is 20.4. The van der Waals surface area contributed by atoms with E-state index in [9.17, 15) is 9.59 Å². The molecule has 0 saturated heterocycles. The summed E-state index contributed by atoms with van der Waals surface area (Å²) in [5, 5.41) is 2.99. The lowest BCUT2D eigenvalue weighted by Crippen LogP contribution is -2.41. The lowest BCUT2D eigenvalue weighted by Gasteiger charge is -2.32. The van der Waals surface area contributed by atoms with E-state index < -0.39 is 0 Å². The molecular weight excluding hydrogens is 324 g/mol. The van der Waals surface area contributed by atoms with Crippen molar-refractivity contribution in [3.8, 4) is 0 Å². The van der Waals surface area contributed by atoms with Crippen molar-refractivity contribution in [1.82, 2.24) is 4.90 Å². The van der Waals surface area contributed by atoms with Gasteiger partial charge >= 0.3 is 0 Å². The van der Waals surface area contributed by atoms with E-state index >= 15 is 0 Å². The summed E-state index contributed by atoms with van der Waals surface area (Å²) in [6.07, 6.45) is 4.06. The molecule has 1 unspecified atom stereocenters. The smallest absolute Gasteiger partial charge is 0.244 e. The fraction of sp³-hybridized carbons (Fsp3) is 0.364. The Morgan fingerprint density at radius 3 is 2.54 bits per heavy atom. The van der Waals surface area contributed by atoms with Gasteiger partial charge in [0.05, 0.1) is 6.04 Å². The van der Waals surface area contributed by atoms with Crippen molar-refractivity contribution in [3.05, 3.63) is 65.2 Å². The van der Waals surface area contributed by atoms with Crippen LogP contribution in [0.25, 0.3) is 0 Å². The molecule has 1 atom stereocenters. The molecule has 1 aliphatic heterocycles. The molecule has 134 valence electrons. The van der Waals surface area contributed by atoms with Gasteiger partial charge in [-0.05, 0) is 31.4 Å². The second-order valence-electron chi connectivity index (χ2n) is 7.40. The number of nitrogens with one attached hydrogen (secondary N) is 1. The van der Waals surface area contributed by atoms with Gasteiger partial charge in [-0.2, -0.15) is 0 Å². The highest BCUT2D eigenvalue weighted by molar-refractivity contribution is 5.97. The van der Waals surface area contributed by atoms with Crippen molar-refractivity contribution < 1.29 is 9.59 Å². The van der Waals surface area contributed by atoms with Gasteiger partial charge in [0.2, 0.25) is 11.8 Å². The summed E-state index contributed by atoms with van der Waals surface area (Å²) in [6, 6.07) is 15.8. The Labute approximate surface area is 154 Å². The van der Waals surface area contributed by atoms with E-state index in [1.165, 1.54) is 0 Å². The number of benzene rings is 2. The van der Waals surface area contributed by atoms with Gasteiger partial charge in [0.1, 0.15) is 6.54 Å². The molecule has 0 spiro atoms. The van der Waals surface area contributed by atoms with Crippen molar-refractivity contribution >= 4 is 17.5 Å². The predicted octanol–water partition coefficient (Wildman–Crippen LogP) is 4.06. The molecule has 0 aromatic heterocycles. The first-order chi connectivity index (χ1) is 12.6. The number of fused-ring (bicyclic) bond motifs is 1. The zero-order valence-electron chi connectivity index (χ0n) is 15.1. The van der Waals surface area contributed by atoms with Crippen LogP contribution in [0.2, 0.25) is 0 Å². The van der Waals surface area contributed by atoms with Gasteiger partial charge in [-0.15, -0.1) is 0 Å². The van der Waals surface area contributed by atoms with Crippen molar-refractivity contribution in [2.75, 3.05) is 11.9 Å². The number of carbonyl (C=O) groups excluding carboxylic acids is 2. The molecule has 4 rings (SSSR count). The summed E-state index contributed by atoms with van der Waals surface area (Å²) in [4.78, 5) is 27.7. The summed E-state index contributed by atoms with van der Waals surface area (Å²) >= 11 is 0. The number of anilines is 1. The molecule has 0 radical (unpaired) electrons. The predicted molar refractivity (Wildman–Crippen MR) is 102 cm³/mol. The average Bonchev–Trinajstić information content (AvgIpc) is 3.13. The molecule has 4 heteroatoms. The third-order valence-corrected chi connectivity index (χ3v) is 5.50. The SMILES string of the molecule is Cc1ccc2c(c1)C(c1ccccc1)N(C(=O)C1CCCC1)CC(=O)N2. The third-order valence-electron chi connectivity index (χ3n) is 5.50. The summed E-state index contributed by atoms with van der Waals surface area (Å²) in [5.41, 5.74) is 3.96. The number of nitrogens with zero attached hydrogens (tertiary/aromatic N) is 1. The van der Waals surface area contributed by atoms with E-state index in [0.29, 0.717) is 0 Å². The van der Waals surface area contributed by atoms with Crippen molar-refractivity contribution in [2.24, 2.45) is 5.92 Å². The first-order valence-corrected chi connectivity index (χ1v) is 9.39. The summed E-state index contributed by atoms with van der Waals surface area (Å²) < 4.78 is 0. The molecule has 4 nitrogen and oxygen atoms in total. The summed E-state index contributed by atoms with van der Waals surface area (Å²) in [6.45, 7) is 2.14. The molecule has 2 aromatic carbocycles. The third kappa shape index (κ3) is 3.12. The molecule has 26 heavy (non-hydrogen) atoms. The Morgan fingerprint density at radius 2 is 1.81 bits per heavy atom. The molecule has 1 aliphatic carbocycles. The monoisotopic (exact) mass is 348 g/mol. The second-order valence-corrected chi connectivity index (χ2v) is 7.40. The van der Waals surface area contributed by atoms with Crippen molar-refractivity contribution in [1.29, 1.82) is 0 Å². The van der Waals surface area contributed by atoms with Gasteiger partial charge in [0.25, 0.3) is 0 Å². The maximum Gasteiger partial charge on any atom is 0.244 e. The first kappa shape index (κ1) is 16.8. The average molecular weight is 348 g/mol. The Balaban J connectivity index is 1.84. The molecule has 1 N–H and O–H groups in total. The number of hydrogen-bond acceptors (Lipinski definition) is 2. The highest BCUT2D eigenvalue weighted by Crippen LogP contribution is 2.38. The van der Waals surface area contributed by atoms with Crippen LogP contribution in [0.15, 0.2) is 48.5 Å². The van der Waals surface area contributed by atoms with Gasteiger partial charge in [0.15, 0.2) is 0 Å². The standard InChI is InChI=1S/C22H24N2O2/c1-15-11-12-19-18(13-15)21(16-7-3-2-4-8-16)24(14-20(25)23-19)22(26)17-9-5-6-10-17/h2-4,7-8,11-13,17,21H,5-6,9-10,14H2,1H3,(H,23,25). The van der Waals surface area contributed by atoms with E-state index in [0.717, 1.165) is 48.1 Å². The Kier molecular flexibility index (Phi) is 4.49. The topological polar surface area (TPSA) is 49.4 Å². The number of carbonyl (C=O) groups is 2. The summed E-state index contributed by atoms with van der Waals surface area (Å²) in [5.74, 6) is 0.0288. The molecule has 1 saturated carbocycles. The van der Waals surface area contributed by atoms with Crippen LogP contribution in [-0.2, 0) is 9.59 Å². The van der Waals surface area contributed by atoms with Crippen molar-refractivity contribution in [3.63, 3.8) is 0 Å². The Bertz CT molecular complexity index is 825. The number of rotatable bonds is 2. The van der Waals surface area contributed by atoms with Crippen LogP contribution in [-0.4, -0.2) is 23.3 Å². The number of amides is 2. The fourth-order valence-corrected chi connectivity index (χ4v) is 4.23. The van der Waals surface area contributed by atoms with Crippen LogP contribution in [0.3, 0.4) is 0 Å². The quantitative estimate of drug-likeness (QED) is 0.890. The number of aryl methyl sites for hydroxylation is 1. The summed E-state index contributed by atoms with van der Waals surface area (Å²) in [7, 11) is 0. The minimum Gasteiger partial charge on any atom is -0.324 e. The van der Waals surface area contributed by atoms with Gasteiger partial charge in [-0.1, -0.05) is 60.9 Å². The molecule has 2 aromatic rings. The zero-order chi connectivity index (χ0) is 18.1. The number of hydrogen-bond donors (Lipinski definition) is 1. The van der Waals surface area contributed by atoms with Crippen molar-refractivity contribution in [2.45, 2.75) is 38.6 Å². The van der Waals surface area contributed by atoms with E-state index in [1.807, 2.05) is 49.4 Å². The maximum atomic E-state index is 13.3. The second kappa shape index (κ2) is 6.94. The van der Waals surface area contributed by atoms with Crippen LogP contribution in [0.1, 0.15) is 48.4 Å². The van der Waals surface area contributed by atoms with Crippen LogP contribution in [0.5, 0.6) is 0 Å². The zero-order valence-corrected chi connectivity index (χ0v) is 15.1. The maximum absolute atomic E-state index is 13.3.